The molecule has 0 aliphatic rings. The van der Waals surface area contributed by atoms with E-state index in [1.165, 1.54) is 6.92 Å². The molecule has 0 fully saturated rings. The zero-order chi connectivity index (χ0) is 13.5. The quantitative estimate of drug-likeness (QED) is 0.650. The summed E-state index contributed by atoms with van der Waals surface area (Å²) in [6.45, 7) is 1.45. The van der Waals surface area contributed by atoms with Crippen LogP contribution in [0.15, 0.2) is 59.6 Å². The lowest BCUT2D eigenvalue weighted by Gasteiger charge is -2.05. The Morgan fingerprint density at radius 2 is 1.74 bits per heavy atom. The Balaban J connectivity index is 1.99. The summed E-state index contributed by atoms with van der Waals surface area (Å²) in [7, 11) is 0. The van der Waals surface area contributed by atoms with Crippen molar-refractivity contribution < 1.29 is 4.79 Å². The Bertz CT molecular complexity index is 562. The second-order valence-electron chi connectivity index (χ2n) is 4.02. The molecule has 2 aromatic rings. The van der Waals surface area contributed by atoms with Crippen molar-refractivity contribution in [1.29, 1.82) is 0 Å². The third-order valence-electron chi connectivity index (χ3n) is 2.41. The van der Waals surface area contributed by atoms with Crippen molar-refractivity contribution in [3.05, 3.63) is 60.2 Å². The van der Waals surface area contributed by atoms with Gasteiger partial charge in [0.15, 0.2) is 0 Å². The van der Waals surface area contributed by atoms with Crippen molar-refractivity contribution in [1.82, 2.24) is 5.43 Å². The minimum Gasteiger partial charge on any atom is -0.299 e. The first kappa shape index (κ1) is 12.8. The van der Waals surface area contributed by atoms with Crippen LogP contribution in [0.2, 0.25) is 0 Å². The molecule has 0 aromatic heterocycles. The van der Waals surface area contributed by atoms with Gasteiger partial charge in [-0.05, 0) is 29.8 Å². The van der Waals surface area contributed by atoms with E-state index < -0.39 is 0 Å². The zero-order valence-corrected chi connectivity index (χ0v) is 10.6. The highest BCUT2D eigenvalue weighted by atomic mass is 16.2. The third-order valence-corrected chi connectivity index (χ3v) is 2.41. The van der Waals surface area contributed by atoms with Gasteiger partial charge in [0.25, 0.3) is 0 Å². The Morgan fingerprint density at radius 1 is 1.05 bits per heavy atom. The summed E-state index contributed by atoms with van der Waals surface area (Å²) in [5, 5.41) is 0. The highest BCUT2D eigenvalue weighted by molar-refractivity contribution is 5.82. The van der Waals surface area contributed by atoms with Gasteiger partial charge in [0, 0.05) is 13.1 Å². The number of amides is 1. The topological polar surface area (TPSA) is 53.5 Å². The number of hydrogen-bond donors (Lipinski definition) is 2. The van der Waals surface area contributed by atoms with Crippen molar-refractivity contribution >= 4 is 23.5 Å². The van der Waals surface area contributed by atoms with Crippen LogP contribution < -0.4 is 10.9 Å². The predicted octanol–water partition coefficient (Wildman–Crippen LogP) is 2.90. The SMILES string of the molecule is CC(=O)NNc1ccc(/N=C/c2ccccc2)cc1. The molecule has 0 radical (unpaired) electrons. The van der Waals surface area contributed by atoms with Crippen molar-refractivity contribution in [2.45, 2.75) is 6.92 Å². The number of nitrogens with one attached hydrogen (secondary N) is 2. The van der Waals surface area contributed by atoms with Gasteiger partial charge in [0.2, 0.25) is 5.91 Å². The fourth-order valence-electron chi connectivity index (χ4n) is 1.48. The van der Waals surface area contributed by atoms with Crippen molar-refractivity contribution in [2.75, 3.05) is 5.43 Å². The molecule has 19 heavy (non-hydrogen) atoms. The van der Waals surface area contributed by atoms with Crippen molar-refractivity contribution in [3.63, 3.8) is 0 Å². The minimum atomic E-state index is -0.133. The zero-order valence-electron chi connectivity index (χ0n) is 10.6. The van der Waals surface area contributed by atoms with Crippen molar-refractivity contribution in [3.8, 4) is 0 Å². The molecule has 0 aliphatic carbocycles. The summed E-state index contributed by atoms with van der Waals surface area (Å²) in [6, 6.07) is 17.4. The van der Waals surface area contributed by atoms with E-state index in [1.54, 1.807) is 0 Å². The molecule has 0 heterocycles. The maximum Gasteiger partial charge on any atom is 0.235 e. The predicted molar refractivity (Wildman–Crippen MR) is 77.6 cm³/mol. The van der Waals surface area contributed by atoms with Crippen LogP contribution in [0.3, 0.4) is 0 Å². The molecular formula is C15H15N3O. The molecule has 0 saturated heterocycles. The Morgan fingerprint density at radius 3 is 2.37 bits per heavy atom. The maximum atomic E-state index is 10.7. The summed E-state index contributed by atoms with van der Waals surface area (Å²) in [5.41, 5.74) is 8.04. The molecule has 0 bridgehead atoms. The van der Waals surface area contributed by atoms with Crippen LogP contribution >= 0.6 is 0 Å². The first-order valence-corrected chi connectivity index (χ1v) is 5.96. The monoisotopic (exact) mass is 253 g/mol. The average molecular weight is 253 g/mol. The highest BCUT2D eigenvalue weighted by Gasteiger charge is 1.93. The van der Waals surface area contributed by atoms with Gasteiger partial charge in [-0.25, -0.2) is 0 Å². The molecule has 2 aromatic carbocycles. The Hall–Kier alpha value is -2.62. The molecule has 2 rings (SSSR count). The lowest BCUT2D eigenvalue weighted by Crippen LogP contribution is -2.26. The van der Waals surface area contributed by atoms with E-state index in [4.69, 9.17) is 0 Å². The van der Waals surface area contributed by atoms with Gasteiger partial charge in [-0.15, -0.1) is 0 Å². The third kappa shape index (κ3) is 4.27. The van der Waals surface area contributed by atoms with Crippen LogP contribution in [0.5, 0.6) is 0 Å². The first-order valence-electron chi connectivity index (χ1n) is 5.96. The molecular weight excluding hydrogens is 238 g/mol. The standard InChI is InChI=1S/C15H15N3O/c1-12(19)17-18-15-9-7-14(8-10-15)16-11-13-5-3-2-4-6-13/h2-11,18H,1H3,(H,17,19)/b16-11+. The number of hydrazine groups is 1. The lowest BCUT2D eigenvalue weighted by atomic mass is 10.2. The molecule has 96 valence electrons. The molecule has 2 N–H and O–H groups in total. The summed E-state index contributed by atoms with van der Waals surface area (Å²) in [5.74, 6) is -0.133. The number of nitrogens with zero attached hydrogens (tertiary/aromatic N) is 1. The smallest absolute Gasteiger partial charge is 0.235 e. The summed E-state index contributed by atoms with van der Waals surface area (Å²) >= 11 is 0. The number of aliphatic imine (C=N–C) groups is 1. The number of rotatable bonds is 4. The average Bonchev–Trinajstić information content (AvgIpc) is 2.45. The van der Waals surface area contributed by atoms with E-state index in [0.717, 1.165) is 16.9 Å². The summed E-state index contributed by atoms with van der Waals surface area (Å²) < 4.78 is 0. The molecule has 0 spiro atoms. The van der Waals surface area contributed by atoms with Gasteiger partial charge in [-0.3, -0.25) is 20.6 Å². The van der Waals surface area contributed by atoms with E-state index in [-0.39, 0.29) is 5.91 Å². The highest BCUT2D eigenvalue weighted by Crippen LogP contribution is 2.15. The Kier molecular flexibility index (Phi) is 4.29. The van der Waals surface area contributed by atoms with E-state index >= 15 is 0 Å². The number of carbonyl (C=O) groups excluding carboxylic acids is 1. The number of anilines is 1. The van der Waals surface area contributed by atoms with Gasteiger partial charge in [-0.1, -0.05) is 30.3 Å². The Labute approximate surface area is 112 Å². The normalized spacial score (nSPS) is 10.4. The van der Waals surface area contributed by atoms with Crippen LogP contribution in [0.1, 0.15) is 12.5 Å². The van der Waals surface area contributed by atoms with Crippen LogP contribution in [-0.4, -0.2) is 12.1 Å². The van der Waals surface area contributed by atoms with Crippen LogP contribution in [-0.2, 0) is 4.79 Å². The molecule has 4 nitrogen and oxygen atoms in total. The van der Waals surface area contributed by atoms with E-state index in [1.807, 2.05) is 60.8 Å². The van der Waals surface area contributed by atoms with Crippen LogP contribution in [0.25, 0.3) is 0 Å². The molecule has 4 heteroatoms. The van der Waals surface area contributed by atoms with Gasteiger partial charge >= 0.3 is 0 Å². The maximum absolute atomic E-state index is 10.7. The first-order chi connectivity index (χ1) is 9.24. The van der Waals surface area contributed by atoms with Crippen LogP contribution in [0.4, 0.5) is 11.4 Å². The lowest BCUT2D eigenvalue weighted by molar-refractivity contribution is -0.118. The molecule has 0 saturated carbocycles. The summed E-state index contributed by atoms with van der Waals surface area (Å²) in [4.78, 5) is 15.1. The second kappa shape index (κ2) is 6.35. The van der Waals surface area contributed by atoms with E-state index in [0.29, 0.717) is 0 Å². The number of carbonyl (C=O) groups is 1. The second-order valence-corrected chi connectivity index (χ2v) is 4.02. The number of benzene rings is 2. The molecule has 0 unspecified atom stereocenters. The van der Waals surface area contributed by atoms with E-state index in [9.17, 15) is 4.79 Å². The van der Waals surface area contributed by atoms with E-state index in [2.05, 4.69) is 15.8 Å². The molecule has 0 aliphatic heterocycles. The summed E-state index contributed by atoms with van der Waals surface area (Å²) in [6.07, 6.45) is 1.82. The minimum absolute atomic E-state index is 0.133. The number of hydrogen-bond acceptors (Lipinski definition) is 3. The fraction of sp³-hybridized carbons (Fsp3) is 0.0667. The molecule has 1 amide bonds. The van der Waals surface area contributed by atoms with Gasteiger partial charge < -0.3 is 0 Å². The van der Waals surface area contributed by atoms with Gasteiger partial charge in [-0.2, -0.15) is 0 Å². The largest absolute Gasteiger partial charge is 0.299 e. The molecule has 0 atom stereocenters. The van der Waals surface area contributed by atoms with Crippen molar-refractivity contribution in [2.24, 2.45) is 4.99 Å². The van der Waals surface area contributed by atoms with Crippen LogP contribution in [0, 0.1) is 0 Å². The van der Waals surface area contributed by atoms with Gasteiger partial charge in [0.05, 0.1) is 11.4 Å². The fourth-order valence-corrected chi connectivity index (χ4v) is 1.48. The van der Waals surface area contributed by atoms with Gasteiger partial charge in [0.1, 0.15) is 0 Å².